The van der Waals surface area contributed by atoms with Crippen LogP contribution in [0.25, 0.3) is 16.7 Å². The lowest BCUT2D eigenvalue weighted by Crippen LogP contribution is -2.38. The van der Waals surface area contributed by atoms with Crippen LogP contribution in [0.4, 0.5) is 0 Å². The minimum absolute atomic E-state index is 0.0111. The second-order valence-electron chi connectivity index (χ2n) is 12.6. The Balaban J connectivity index is 1.19. The van der Waals surface area contributed by atoms with E-state index in [0.29, 0.717) is 0 Å². The number of benzene rings is 5. The number of para-hydroxylation sites is 1. The van der Waals surface area contributed by atoms with Crippen LogP contribution in [-0.4, -0.2) is 17.7 Å². The van der Waals surface area contributed by atoms with Crippen LogP contribution in [0.2, 0.25) is 0 Å². The van der Waals surface area contributed by atoms with Crippen molar-refractivity contribution in [2.24, 2.45) is 15.4 Å². The molecule has 0 radical (unpaired) electrons. The Morgan fingerprint density at radius 1 is 0.674 bits per heavy atom. The molecular formula is C43H36N2O. The second kappa shape index (κ2) is 11.6. The van der Waals surface area contributed by atoms with Crippen molar-refractivity contribution in [3.8, 4) is 16.9 Å². The first-order chi connectivity index (χ1) is 22.6. The summed E-state index contributed by atoms with van der Waals surface area (Å²) in [7, 11) is 0. The SMILES string of the molecule is CC[C@@]1(C)C(c2ccccc2)=NC(c2ccc(-c3ccccc3)cc2)=NC1c1cccc(C2=CC3Oc4ccccc4C3C=C2)c1. The summed E-state index contributed by atoms with van der Waals surface area (Å²) in [5.41, 5.74) is 10.1. The Kier molecular flexibility index (Phi) is 7.10. The zero-order valence-corrected chi connectivity index (χ0v) is 26.2. The molecule has 224 valence electrons. The van der Waals surface area contributed by atoms with Gasteiger partial charge in [-0.25, -0.2) is 4.99 Å². The summed E-state index contributed by atoms with van der Waals surface area (Å²) in [4.78, 5) is 10.8. The monoisotopic (exact) mass is 596 g/mol. The van der Waals surface area contributed by atoms with Gasteiger partial charge in [-0.15, -0.1) is 0 Å². The minimum atomic E-state index is -0.300. The molecule has 3 heteroatoms. The van der Waals surface area contributed by atoms with Crippen molar-refractivity contribution >= 4 is 17.1 Å². The van der Waals surface area contributed by atoms with Crippen LogP contribution in [-0.2, 0) is 0 Å². The van der Waals surface area contributed by atoms with Gasteiger partial charge >= 0.3 is 0 Å². The summed E-state index contributed by atoms with van der Waals surface area (Å²) >= 11 is 0. The minimum Gasteiger partial charge on any atom is -0.485 e. The lowest BCUT2D eigenvalue weighted by atomic mass is 9.70. The molecular weight excluding hydrogens is 560 g/mol. The van der Waals surface area contributed by atoms with Crippen molar-refractivity contribution in [3.05, 3.63) is 180 Å². The van der Waals surface area contributed by atoms with E-state index < -0.39 is 0 Å². The fraction of sp³-hybridized carbons (Fsp3) is 0.163. The van der Waals surface area contributed by atoms with Crippen LogP contribution in [0.1, 0.15) is 60.0 Å². The van der Waals surface area contributed by atoms with Crippen LogP contribution >= 0.6 is 0 Å². The number of allylic oxidation sites excluding steroid dienone is 2. The third kappa shape index (κ3) is 4.93. The van der Waals surface area contributed by atoms with Gasteiger partial charge in [0.2, 0.25) is 0 Å². The van der Waals surface area contributed by atoms with E-state index in [1.807, 2.05) is 12.1 Å². The van der Waals surface area contributed by atoms with E-state index in [1.54, 1.807) is 0 Å². The Labute approximate surface area is 271 Å². The summed E-state index contributed by atoms with van der Waals surface area (Å²) in [6, 6.07) is 47.0. The average molecular weight is 597 g/mol. The van der Waals surface area contributed by atoms with E-state index in [2.05, 4.69) is 153 Å². The lowest BCUT2D eigenvalue weighted by Gasteiger charge is -2.39. The fourth-order valence-corrected chi connectivity index (χ4v) is 7.16. The summed E-state index contributed by atoms with van der Waals surface area (Å²) in [5, 5.41) is 0. The highest BCUT2D eigenvalue weighted by molar-refractivity contribution is 6.16. The van der Waals surface area contributed by atoms with Gasteiger partial charge < -0.3 is 4.74 Å². The van der Waals surface area contributed by atoms with E-state index in [1.165, 1.54) is 33.4 Å². The van der Waals surface area contributed by atoms with Crippen LogP contribution in [0.15, 0.2) is 162 Å². The highest BCUT2D eigenvalue weighted by Gasteiger charge is 2.42. The Hall–Kier alpha value is -5.28. The zero-order valence-electron chi connectivity index (χ0n) is 26.2. The molecule has 3 unspecified atom stereocenters. The molecule has 1 aliphatic carbocycles. The van der Waals surface area contributed by atoms with Crippen molar-refractivity contribution in [2.75, 3.05) is 0 Å². The number of hydrogen-bond donors (Lipinski definition) is 0. The first-order valence-corrected chi connectivity index (χ1v) is 16.2. The predicted molar refractivity (Wildman–Crippen MR) is 190 cm³/mol. The summed E-state index contributed by atoms with van der Waals surface area (Å²) in [5.74, 6) is 2.02. The van der Waals surface area contributed by atoms with E-state index in [-0.39, 0.29) is 23.5 Å². The highest BCUT2D eigenvalue weighted by Crippen LogP contribution is 2.47. The first kappa shape index (κ1) is 28.2. The van der Waals surface area contributed by atoms with Gasteiger partial charge in [0.1, 0.15) is 11.9 Å². The molecule has 0 bridgehead atoms. The molecule has 0 spiro atoms. The maximum Gasteiger partial charge on any atom is 0.155 e. The van der Waals surface area contributed by atoms with E-state index in [0.717, 1.165) is 34.8 Å². The molecule has 5 aromatic rings. The van der Waals surface area contributed by atoms with E-state index in [9.17, 15) is 0 Å². The van der Waals surface area contributed by atoms with Crippen LogP contribution in [0.5, 0.6) is 5.75 Å². The number of fused-ring (bicyclic) bond motifs is 3. The molecule has 0 fully saturated rings. The standard InChI is InChI=1S/C43H36N2O/c1-3-43(2)40(31-15-8-5-9-16-31)44-42(32-23-21-30(22-24-32)29-13-6-4-7-14-29)45-41(43)35-18-12-17-33(27-35)34-25-26-37-36-19-10-11-20-38(36)46-39(37)28-34/h4-28,37,39,41H,3H2,1-2H3/t37?,39?,41?,43-/m0/s1. The predicted octanol–water partition coefficient (Wildman–Crippen LogP) is 10.3. The van der Waals surface area contributed by atoms with Gasteiger partial charge in [-0.1, -0.05) is 147 Å². The molecule has 3 aliphatic rings. The molecule has 4 atom stereocenters. The molecule has 0 amide bonds. The molecule has 8 rings (SSSR count). The molecule has 46 heavy (non-hydrogen) atoms. The number of ether oxygens (including phenoxy) is 1. The average Bonchev–Trinajstić information content (AvgIpc) is 3.50. The smallest absolute Gasteiger partial charge is 0.155 e. The fourth-order valence-electron chi connectivity index (χ4n) is 7.16. The van der Waals surface area contributed by atoms with Crippen molar-refractivity contribution in [2.45, 2.75) is 38.3 Å². The van der Waals surface area contributed by atoms with Gasteiger partial charge in [-0.3, -0.25) is 4.99 Å². The van der Waals surface area contributed by atoms with Gasteiger partial charge in [0.15, 0.2) is 5.84 Å². The van der Waals surface area contributed by atoms with Gasteiger partial charge in [0.05, 0.1) is 11.8 Å². The number of hydrogen-bond acceptors (Lipinski definition) is 3. The largest absolute Gasteiger partial charge is 0.485 e. The molecule has 2 aliphatic heterocycles. The third-order valence-corrected chi connectivity index (χ3v) is 9.90. The first-order valence-electron chi connectivity index (χ1n) is 16.2. The molecule has 5 aromatic carbocycles. The number of nitrogens with zero attached hydrogens (tertiary/aromatic N) is 2. The van der Waals surface area contributed by atoms with E-state index in [4.69, 9.17) is 14.7 Å². The van der Waals surface area contributed by atoms with Crippen molar-refractivity contribution in [1.82, 2.24) is 0 Å². The van der Waals surface area contributed by atoms with Crippen molar-refractivity contribution < 1.29 is 4.74 Å². The maximum absolute atomic E-state index is 6.36. The van der Waals surface area contributed by atoms with Gasteiger partial charge in [-0.05, 0) is 58.0 Å². The Morgan fingerprint density at radius 2 is 1.33 bits per heavy atom. The lowest BCUT2D eigenvalue weighted by molar-refractivity contribution is 0.269. The molecule has 0 saturated carbocycles. The van der Waals surface area contributed by atoms with Crippen LogP contribution in [0.3, 0.4) is 0 Å². The van der Waals surface area contributed by atoms with Crippen LogP contribution < -0.4 is 4.74 Å². The normalized spacial score (nSPS) is 23.0. The Morgan fingerprint density at radius 3 is 2.09 bits per heavy atom. The van der Waals surface area contributed by atoms with Gasteiger partial charge in [0, 0.05) is 22.5 Å². The summed E-state index contributed by atoms with van der Waals surface area (Å²) in [6.45, 7) is 4.58. The molecule has 0 saturated heterocycles. The highest BCUT2D eigenvalue weighted by atomic mass is 16.5. The topological polar surface area (TPSA) is 34.0 Å². The number of rotatable bonds is 6. The van der Waals surface area contributed by atoms with Gasteiger partial charge in [-0.2, -0.15) is 0 Å². The second-order valence-corrected chi connectivity index (χ2v) is 12.6. The molecule has 0 N–H and O–H groups in total. The maximum atomic E-state index is 6.36. The molecule has 2 heterocycles. The zero-order chi connectivity index (χ0) is 31.1. The Bertz CT molecular complexity index is 2020. The van der Waals surface area contributed by atoms with Crippen molar-refractivity contribution in [3.63, 3.8) is 0 Å². The molecule has 3 nitrogen and oxygen atoms in total. The van der Waals surface area contributed by atoms with E-state index >= 15 is 0 Å². The van der Waals surface area contributed by atoms with Crippen molar-refractivity contribution in [1.29, 1.82) is 0 Å². The van der Waals surface area contributed by atoms with Gasteiger partial charge in [0.25, 0.3) is 0 Å². The third-order valence-electron chi connectivity index (χ3n) is 9.90. The number of aliphatic imine (C=N–C) groups is 2. The quantitative estimate of drug-likeness (QED) is 0.192. The summed E-state index contributed by atoms with van der Waals surface area (Å²) in [6.07, 6.45) is 7.74. The molecule has 0 aromatic heterocycles. The number of amidine groups is 1. The summed E-state index contributed by atoms with van der Waals surface area (Å²) < 4.78 is 6.36. The van der Waals surface area contributed by atoms with Crippen LogP contribution in [0, 0.1) is 5.41 Å².